The van der Waals surface area contributed by atoms with Gasteiger partial charge in [0.15, 0.2) is 0 Å². The molecule has 0 radical (unpaired) electrons. The molecule has 0 amide bonds. The third-order valence-corrected chi connectivity index (χ3v) is 1.89. The molecule has 0 aliphatic carbocycles. The van der Waals surface area contributed by atoms with Gasteiger partial charge in [-0.05, 0) is 13.8 Å². The average Bonchev–Trinajstić information content (AvgIpc) is 1.96. The van der Waals surface area contributed by atoms with Gasteiger partial charge < -0.3 is 0 Å². The summed E-state index contributed by atoms with van der Waals surface area (Å²) in [5.74, 6) is 0. The summed E-state index contributed by atoms with van der Waals surface area (Å²) in [6.07, 6.45) is 0. The van der Waals surface area contributed by atoms with Gasteiger partial charge >= 0.3 is 0 Å². The predicted octanol–water partition coefficient (Wildman–Crippen LogP) is 2.26. The highest BCUT2D eigenvalue weighted by atomic mass is 35.5. The SMILES string of the molecule is Cc1nc(C)c([N+](=O)[O-])cc1Cl. The fraction of sp³-hybridized carbons (Fsp3) is 0.286. The molecule has 0 unspecified atom stereocenters. The third-order valence-electron chi connectivity index (χ3n) is 1.51. The van der Waals surface area contributed by atoms with Crippen LogP contribution in [-0.4, -0.2) is 9.91 Å². The second-order valence-corrected chi connectivity index (χ2v) is 2.82. The van der Waals surface area contributed by atoms with Gasteiger partial charge in [-0.1, -0.05) is 11.6 Å². The van der Waals surface area contributed by atoms with Gasteiger partial charge in [0.2, 0.25) is 0 Å². The predicted molar refractivity (Wildman–Crippen MR) is 45.4 cm³/mol. The molecule has 5 heteroatoms. The second-order valence-electron chi connectivity index (χ2n) is 2.42. The van der Waals surface area contributed by atoms with Gasteiger partial charge in [-0.15, -0.1) is 0 Å². The Morgan fingerprint density at radius 2 is 2.08 bits per heavy atom. The standard InChI is InChI=1S/C7H7ClN2O2/c1-4-6(8)3-7(10(11)12)5(2)9-4/h3H,1-2H3. The zero-order chi connectivity index (χ0) is 9.30. The van der Waals surface area contributed by atoms with Gasteiger partial charge in [-0.3, -0.25) is 10.1 Å². The monoisotopic (exact) mass is 186 g/mol. The highest BCUT2D eigenvalue weighted by molar-refractivity contribution is 6.31. The van der Waals surface area contributed by atoms with Crippen LogP contribution in [0.3, 0.4) is 0 Å². The fourth-order valence-electron chi connectivity index (χ4n) is 0.876. The number of pyridine rings is 1. The lowest BCUT2D eigenvalue weighted by Gasteiger charge is -1.99. The molecular formula is C7H7ClN2O2. The van der Waals surface area contributed by atoms with Crippen molar-refractivity contribution in [1.29, 1.82) is 0 Å². The molecule has 0 aliphatic rings. The van der Waals surface area contributed by atoms with Crippen LogP contribution >= 0.6 is 11.6 Å². The quantitative estimate of drug-likeness (QED) is 0.499. The van der Waals surface area contributed by atoms with E-state index in [0.29, 0.717) is 16.4 Å². The van der Waals surface area contributed by atoms with E-state index >= 15 is 0 Å². The van der Waals surface area contributed by atoms with E-state index in [1.165, 1.54) is 6.07 Å². The molecule has 0 fully saturated rings. The Labute approximate surface area is 74.3 Å². The van der Waals surface area contributed by atoms with Crippen molar-refractivity contribution in [3.8, 4) is 0 Å². The van der Waals surface area contributed by atoms with Crippen molar-refractivity contribution >= 4 is 17.3 Å². The first-order valence-corrected chi connectivity index (χ1v) is 3.68. The third kappa shape index (κ3) is 1.53. The lowest BCUT2D eigenvalue weighted by molar-refractivity contribution is -0.385. The Morgan fingerprint density at radius 1 is 1.50 bits per heavy atom. The largest absolute Gasteiger partial charge is 0.291 e. The van der Waals surface area contributed by atoms with E-state index in [-0.39, 0.29) is 5.69 Å². The summed E-state index contributed by atoms with van der Waals surface area (Å²) in [6, 6.07) is 1.32. The molecule has 12 heavy (non-hydrogen) atoms. The van der Waals surface area contributed by atoms with Crippen LogP contribution in [0.2, 0.25) is 5.02 Å². The summed E-state index contributed by atoms with van der Waals surface area (Å²) in [5, 5.41) is 10.7. The maximum absolute atomic E-state index is 10.4. The van der Waals surface area contributed by atoms with Crippen LogP contribution in [-0.2, 0) is 0 Å². The number of hydrogen-bond donors (Lipinski definition) is 0. The molecule has 0 spiro atoms. The van der Waals surface area contributed by atoms with Gasteiger partial charge in [0.05, 0.1) is 15.6 Å². The Kier molecular flexibility index (Phi) is 2.28. The second kappa shape index (κ2) is 3.06. The molecule has 0 N–H and O–H groups in total. The van der Waals surface area contributed by atoms with Crippen molar-refractivity contribution in [3.63, 3.8) is 0 Å². The van der Waals surface area contributed by atoms with Gasteiger partial charge in [0.25, 0.3) is 5.69 Å². The molecule has 1 rings (SSSR count). The number of nitro groups is 1. The van der Waals surface area contributed by atoms with Crippen LogP contribution in [0.4, 0.5) is 5.69 Å². The van der Waals surface area contributed by atoms with Gasteiger partial charge in [-0.25, -0.2) is 4.98 Å². The minimum absolute atomic E-state index is 0.0365. The van der Waals surface area contributed by atoms with Crippen LogP contribution in [0.5, 0.6) is 0 Å². The highest BCUT2D eigenvalue weighted by Crippen LogP contribution is 2.22. The van der Waals surface area contributed by atoms with Crippen LogP contribution in [0.1, 0.15) is 11.4 Å². The van der Waals surface area contributed by atoms with E-state index in [2.05, 4.69) is 4.98 Å². The van der Waals surface area contributed by atoms with Crippen LogP contribution in [0, 0.1) is 24.0 Å². The van der Waals surface area contributed by atoms with Gasteiger partial charge in [-0.2, -0.15) is 0 Å². The summed E-state index contributed by atoms with van der Waals surface area (Å²) >= 11 is 5.66. The van der Waals surface area contributed by atoms with Crippen LogP contribution in [0.15, 0.2) is 6.07 Å². The first kappa shape index (κ1) is 8.93. The van der Waals surface area contributed by atoms with Crippen molar-refractivity contribution in [2.75, 3.05) is 0 Å². The first-order valence-electron chi connectivity index (χ1n) is 3.30. The lowest BCUT2D eigenvalue weighted by Crippen LogP contribution is -1.96. The van der Waals surface area contributed by atoms with E-state index in [1.807, 2.05) is 0 Å². The zero-order valence-electron chi connectivity index (χ0n) is 6.67. The number of nitrogens with zero attached hydrogens (tertiary/aromatic N) is 2. The Morgan fingerprint density at radius 3 is 2.58 bits per heavy atom. The summed E-state index contributed by atoms with van der Waals surface area (Å²) in [6.45, 7) is 3.29. The molecule has 1 aromatic heterocycles. The average molecular weight is 187 g/mol. The number of hydrogen-bond acceptors (Lipinski definition) is 3. The molecule has 0 atom stereocenters. The maximum atomic E-state index is 10.4. The van der Waals surface area contributed by atoms with Crippen molar-refractivity contribution in [2.24, 2.45) is 0 Å². The van der Waals surface area contributed by atoms with E-state index in [4.69, 9.17) is 11.6 Å². The Hall–Kier alpha value is -1.16. The van der Waals surface area contributed by atoms with Crippen molar-refractivity contribution < 1.29 is 4.92 Å². The molecule has 1 heterocycles. The maximum Gasteiger partial charge on any atom is 0.291 e. The topological polar surface area (TPSA) is 56.0 Å². The normalized spacial score (nSPS) is 9.92. The summed E-state index contributed by atoms with van der Waals surface area (Å²) in [4.78, 5) is 13.8. The van der Waals surface area contributed by atoms with Crippen molar-refractivity contribution in [3.05, 3.63) is 32.6 Å². The molecule has 64 valence electrons. The van der Waals surface area contributed by atoms with E-state index in [1.54, 1.807) is 13.8 Å². The van der Waals surface area contributed by atoms with Crippen molar-refractivity contribution in [2.45, 2.75) is 13.8 Å². The Balaban J connectivity index is 3.33. The number of rotatable bonds is 1. The van der Waals surface area contributed by atoms with E-state index in [0.717, 1.165) is 0 Å². The smallest absolute Gasteiger partial charge is 0.258 e. The molecule has 0 saturated heterocycles. The highest BCUT2D eigenvalue weighted by Gasteiger charge is 2.13. The molecule has 0 aromatic carbocycles. The molecule has 0 bridgehead atoms. The summed E-state index contributed by atoms with van der Waals surface area (Å²) in [5.41, 5.74) is 0.965. The summed E-state index contributed by atoms with van der Waals surface area (Å²) < 4.78 is 0. The van der Waals surface area contributed by atoms with E-state index < -0.39 is 4.92 Å². The molecule has 0 aliphatic heterocycles. The lowest BCUT2D eigenvalue weighted by atomic mass is 10.3. The van der Waals surface area contributed by atoms with Crippen molar-refractivity contribution in [1.82, 2.24) is 4.98 Å². The van der Waals surface area contributed by atoms with Gasteiger partial charge in [0, 0.05) is 6.07 Å². The number of halogens is 1. The zero-order valence-corrected chi connectivity index (χ0v) is 7.42. The minimum Gasteiger partial charge on any atom is -0.258 e. The number of aromatic nitrogens is 1. The van der Waals surface area contributed by atoms with E-state index in [9.17, 15) is 10.1 Å². The first-order chi connectivity index (χ1) is 5.52. The van der Waals surface area contributed by atoms with Crippen LogP contribution < -0.4 is 0 Å². The fourth-order valence-corrected chi connectivity index (χ4v) is 1.02. The van der Waals surface area contributed by atoms with Crippen LogP contribution in [0.25, 0.3) is 0 Å². The molecular weight excluding hydrogens is 180 g/mol. The van der Waals surface area contributed by atoms with Gasteiger partial charge in [0.1, 0.15) is 5.69 Å². The summed E-state index contributed by atoms with van der Waals surface area (Å²) in [7, 11) is 0. The number of aryl methyl sites for hydroxylation is 2. The molecule has 0 saturated carbocycles. The Bertz CT molecular complexity index is 338. The molecule has 4 nitrogen and oxygen atoms in total. The minimum atomic E-state index is -0.492. The molecule has 1 aromatic rings.